The van der Waals surface area contributed by atoms with Gasteiger partial charge >= 0.3 is 0 Å². The van der Waals surface area contributed by atoms with E-state index in [1.54, 1.807) is 0 Å². The molecule has 0 fully saturated rings. The molecule has 1 atom stereocenters. The van der Waals surface area contributed by atoms with E-state index in [0.717, 1.165) is 18.5 Å². The summed E-state index contributed by atoms with van der Waals surface area (Å²) in [6, 6.07) is 7.77. The maximum Gasteiger partial charge on any atom is 0.255 e. The Morgan fingerprint density at radius 3 is 2.43 bits per heavy atom. The molecule has 0 aromatic heterocycles. The van der Waals surface area contributed by atoms with Gasteiger partial charge in [0.25, 0.3) is 5.91 Å². The van der Waals surface area contributed by atoms with Crippen LogP contribution >= 0.6 is 0 Å². The van der Waals surface area contributed by atoms with E-state index in [2.05, 4.69) is 26.1 Å². The number of nitrogens with one attached hydrogen (secondary N) is 1. The number of carbonyl (C=O) groups is 1. The average Bonchev–Trinajstić information content (AvgIpc) is 2.41. The van der Waals surface area contributed by atoms with Crippen LogP contribution in [0.3, 0.4) is 0 Å². The van der Waals surface area contributed by atoms with E-state index in [1.807, 2.05) is 24.3 Å². The maximum atomic E-state index is 10.6. The third-order valence-electron chi connectivity index (χ3n) is 3.32. The summed E-state index contributed by atoms with van der Waals surface area (Å²) in [5, 5.41) is 12.6. The number of ether oxygens (including phenoxy) is 1. The minimum absolute atomic E-state index is 0.0905. The standard InChI is InChI=1S/C16H26N2O3/c1-16(2,3)14(8-9-19)18-10-12-4-6-13(7-5-12)21-11-15(17)20/h4-7,14,18-19H,8-11H2,1-3H3,(H2,17,20). The number of hydrogen-bond acceptors (Lipinski definition) is 4. The number of primary amides is 1. The van der Waals surface area contributed by atoms with Crippen molar-refractivity contribution >= 4 is 5.91 Å². The van der Waals surface area contributed by atoms with Crippen LogP contribution in [0.25, 0.3) is 0 Å². The van der Waals surface area contributed by atoms with E-state index in [4.69, 9.17) is 15.6 Å². The van der Waals surface area contributed by atoms with Gasteiger partial charge in [0, 0.05) is 19.2 Å². The zero-order valence-electron chi connectivity index (χ0n) is 13.1. The molecule has 4 N–H and O–H groups in total. The first-order valence-corrected chi connectivity index (χ1v) is 7.17. The quantitative estimate of drug-likeness (QED) is 0.677. The molecule has 5 nitrogen and oxygen atoms in total. The molecule has 1 unspecified atom stereocenters. The molecule has 0 radical (unpaired) electrons. The molecule has 5 heteroatoms. The summed E-state index contributed by atoms with van der Waals surface area (Å²) in [6.45, 7) is 7.25. The van der Waals surface area contributed by atoms with E-state index < -0.39 is 5.91 Å². The van der Waals surface area contributed by atoms with Crippen molar-refractivity contribution in [3.05, 3.63) is 29.8 Å². The van der Waals surface area contributed by atoms with Crippen molar-refractivity contribution in [1.82, 2.24) is 5.32 Å². The molecule has 0 bridgehead atoms. The SMILES string of the molecule is CC(C)(C)C(CCO)NCc1ccc(OCC(N)=O)cc1. The zero-order valence-corrected chi connectivity index (χ0v) is 13.1. The predicted molar refractivity (Wildman–Crippen MR) is 82.9 cm³/mol. The average molecular weight is 294 g/mol. The summed E-state index contributed by atoms with van der Waals surface area (Å²) >= 11 is 0. The van der Waals surface area contributed by atoms with Crippen molar-refractivity contribution in [1.29, 1.82) is 0 Å². The Balaban J connectivity index is 2.53. The molecule has 1 rings (SSSR count). The first kappa shape index (κ1) is 17.5. The largest absolute Gasteiger partial charge is 0.484 e. The topological polar surface area (TPSA) is 84.6 Å². The lowest BCUT2D eigenvalue weighted by molar-refractivity contribution is -0.119. The molecular formula is C16H26N2O3. The van der Waals surface area contributed by atoms with Gasteiger partial charge in [-0.15, -0.1) is 0 Å². The van der Waals surface area contributed by atoms with Crippen LogP contribution in [-0.4, -0.2) is 30.3 Å². The molecule has 0 heterocycles. The Morgan fingerprint density at radius 2 is 1.95 bits per heavy atom. The first-order valence-electron chi connectivity index (χ1n) is 7.17. The minimum atomic E-state index is -0.488. The number of aliphatic hydroxyl groups excluding tert-OH is 1. The number of carbonyl (C=O) groups excluding carboxylic acids is 1. The molecule has 0 aliphatic rings. The van der Waals surface area contributed by atoms with E-state index in [1.165, 1.54) is 0 Å². The number of aliphatic hydroxyl groups is 1. The normalized spacial score (nSPS) is 13.0. The molecule has 0 saturated heterocycles. The lowest BCUT2D eigenvalue weighted by Gasteiger charge is -2.31. The fourth-order valence-corrected chi connectivity index (χ4v) is 2.07. The molecule has 21 heavy (non-hydrogen) atoms. The Kier molecular flexibility index (Phi) is 6.65. The molecule has 0 aliphatic heterocycles. The van der Waals surface area contributed by atoms with Crippen LogP contribution in [0.1, 0.15) is 32.8 Å². The van der Waals surface area contributed by atoms with Gasteiger partial charge in [0.1, 0.15) is 5.75 Å². The van der Waals surface area contributed by atoms with Crippen molar-refractivity contribution < 1.29 is 14.6 Å². The lowest BCUT2D eigenvalue weighted by Crippen LogP contribution is -2.40. The van der Waals surface area contributed by atoms with Crippen LogP contribution < -0.4 is 15.8 Å². The Hall–Kier alpha value is -1.59. The number of hydrogen-bond donors (Lipinski definition) is 3. The highest BCUT2D eigenvalue weighted by Gasteiger charge is 2.23. The lowest BCUT2D eigenvalue weighted by atomic mass is 9.85. The Morgan fingerprint density at radius 1 is 1.33 bits per heavy atom. The highest BCUT2D eigenvalue weighted by Crippen LogP contribution is 2.22. The van der Waals surface area contributed by atoms with Gasteiger partial charge < -0.3 is 20.9 Å². The molecule has 118 valence electrons. The summed E-state index contributed by atoms with van der Waals surface area (Å²) in [6.07, 6.45) is 0.726. The minimum Gasteiger partial charge on any atom is -0.484 e. The molecule has 1 amide bonds. The Bertz CT molecular complexity index is 438. The second-order valence-corrected chi connectivity index (χ2v) is 6.21. The Labute approximate surface area is 126 Å². The molecular weight excluding hydrogens is 268 g/mol. The number of amides is 1. The monoisotopic (exact) mass is 294 g/mol. The van der Waals surface area contributed by atoms with Crippen molar-refractivity contribution in [2.75, 3.05) is 13.2 Å². The van der Waals surface area contributed by atoms with Crippen molar-refractivity contribution in [3.8, 4) is 5.75 Å². The van der Waals surface area contributed by atoms with Crippen LogP contribution in [0.2, 0.25) is 0 Å². The van der Waals surface area contributed by atoms with Crippen LogP contribution in [0.5, 0.6) is 5.75 Å². The smallest absolute Gasteiger partial charge is 0.255 e. The number of rotatable bonds is 8. The van der Waals surface area contributed by atoms with Crippen molar-refractivity contribution in [2.24, 2.45) is 11.1 Å². The van der Waals surface area contributed by atoms with E-state index in [9.17, 15) is 4.79 Å². The van der Waals surface area contributed by atoms with Crippen molar-refractivity contribution in [2.45, 2.75) is 39.8 Å². The summed E-state index contributed by atoms with van der Waals surface area (Å²) in [5.74, 6) is 0.137. The summed E-state index contributed by atoms with van der Waals surface area (Å²) in [4.78, 5) is 10.6. The van der Waals surface area contributed by atoms with Gasteiger partial charge in [-0.05, 0) is 29.5 Å². The maximum absolute atomic E-state index is 10.6. The van der Waals surface area contributed by atoms with Crippen LogP contribution in [0.15, 0.2) is 24.3 Å². The van der Waals surface area contributed by atoms with E-state index in [0.29, 0.717) is 5.75 Å². The second kappa shape index (κ2) is 8.00. The zero-order chi connectivity index (χ0) is 15.9. The number of benzene rings is 1. The third kappa shape index (κ3) is 6.60. The first-order chi connectivity index (χ1) is 9.82. The number of nitrogens with two attached hydrogens (primary N) is 1. The molecule has 0 spiro atoms. The van der Waals surface area contributed by atoms with E-state index in [-0.39, 0.29) is 24.7 Å². The van der Waals surface area contributed by atoms with Gasteiger partial charge in [-0.3, -0.25) is 4.79 Å². The van der Waals surface area contributed by atoms with Gasteiger partial charge in [0.2, 0.25) is 0 Å². The van der Waals surface area contributed by atoms with Gasteiger partial charge in [-0.1, -0.05) is 32.9 Å². The molecule has 1 aromatic rings. The van der Waals surface area contributed by atoms with E-state index >= 15 is 0 Å². The van der Waals surface area contributed by atoms with Gasteiger partial charge in [0.05, 0.1) is 0 Å². The summed E-state index contributed by atoms with van der Waals surface area (Å²) < 4.78 is 5.21. The summed E-state index contributed by atoms with van der Waals surface area (Å²) in [7, 11) is 0. The highest BCUT2D eigenvalue weighted by atomic mass is 16.5. The summed E-state index contributed by atoms with van der Waals surface area (Å²) in [5.41, 5.74) is 6.24. The highest BCUT2D eigenvalue weighted by molar-refractivity contribution is 5.75. The fraction of sp³-hybridized carbons (Fsp3) is 0.562. The molecule has 0 aliphatic carbocycles. The van der Waals surface area contributed by atoms with Crippen molar-refractivity contribution in [3.63, 3.8) is 0 Å². The van der Waals surface area contributed by atoms with Crippen LogP contribution in [0.4, 0.5) is 0 Å². The predicted octanol–water partition coefficient (Wildman–Crippen LogP) is 1.44. The second-order valence-electron chi connectivity index (χ2n) is 6.21. The third-order valence-corrected chi connectivity index (χ3v) is 3.32. The van der Waals surface area contributed by atoms with Crippen LogP contribution in [0, 0.1) is 5.41 Å². The molecule has 0 saturated carbocycles. The van der Waals surface area contributed by atoms with Crippen LogP contribution in [-0.2, 0) is 11.3 Å². The van der Waals surface area contributed by atoms with Gasteiger partial charge in [-0.25, -0.2) is 0 Å². The fourth-order valence-electron chi connectivity index (χ4n) is 2.07. The molecule has 1 aromatic carbocycles. The van der Waals surface area contributed by atoms with Gasteiger partial charge in [0.15, 0.2) is 6.61 Å². The van der Waals surface area contributed by atoms with Gasteiger partial charge in [-0.2, -0.15) is 0 Å².